The van der Waals surface area contributed by atoms with Gasteiger partial charge < -0.3 is 14.2 Å². The highest BCUT2D eigenvalue weighted by atomic mass is 35.5. The third-order valence-electron chi connectivity index (χ3n) is 3.52. The zero-order chi connectivity index (χ0) is 18.4. The number of thioether (sulfide) groups is 1. The number of aryl methyl sites for hydroxylation is 1. The Morgan fingerprint density at radius 1 is 1.28 bits per heavy atom. The molecule has 7 heteroatoms. The summed E-state index contributed by atoms with van der Waals surface area (Å²) in [4.78, 5) is 12.3. The average molecular weight is 385 g/mol. The number of rotatable bonds is 6. The van der Waals surface area contributed by atoms with E-state index in [-0.39, 0.29) is 12.4 Å². The van der Waals surface area contributed by atoms with Gasteiger partial charge in [-0.1, -0.05) is 24.6 Å². The van der Waals surface area contributed by atoms with Crippen molar-refractivity contribution in [2.75, 3.05) is 13.4 Å². The summed E-state index contributed by atoms with van der Waals surface area (Å²) in [6.07, 6.45) is 1.68. The van der Waals surface area contributed by atoms with Crippen molar-refractivity contribution in [3.63, 3.8) is 0 Å². The summed E-state index contributed by atoms with van der Waals surface area (Å²) in [5, 5.41) is 0.447. The second kappa shape index (κ2) is 8.97. The van der Waals surface area contributed by atoms with E-state index in [1.807, 2.05) is 19.2 Å². The SMILES string of the molecule is CCc1cc(F)c(OCc2c(OC(=O)OC)cccc2SC)cc1Cl. The Bertz CT molecular complexity index is 767. The summed E-state index contributed by atoms with van der Waals surface area (Å²) in [6, 6.07) is 8.05. The maximum absolute atomic E-state index is 14.2. The Kier molecular flexibility index (Phi) is 6.96. The third kappa shape index (κ3) is 4.80. The third-order valence-corrected chi connectivity index (χ3v) is 4.70. The van der Waals surface area contributed by atoms with Gasteiger partial charge in [0.1, 0.15) is 12.4 Å². The molecule has 2 aromatic carbocycles. The summed E-state index contributed by atoms with van der Waals surface area (Å²) in [5.41, 5.74) is 1.33. The minimum absolute atomic E-state index is 0.0159. The minimum atomic E-state index is -0.832. The maximum Gasteiger partial charge on any atom is 0.513 e. The van der Waals surface area contributed by atoms with E-state index in [2.05, 4.69) is 4.74 Å². The summed E-state index contributed by atoms with van der Waals surface area (Å²) in [5.74, 6) is -0.143. The first-order valence-electron chi connectivity index (χ1n) is 7.52. The van der Waals surface area contributed by atoms with Gasteiger partial charge in [0.15, 0.2) is 11.6 Å². The van der Waals surface area contributed by atoms with Gasteiger partial charge in [-0.3, -0.25) is 0 Å². The molecule has 2 rings (SSSR count). The molecule has 4 nitrogen and oxygen atoms in total. The van der Waals surface area contributed by atoms with E-state index < -0.39 is 12.0 Å². The van der Waals surface area contributed by atoms with E-state index in [1.165, 1.54) is 31.0 Å². The number of benzene rings is 2. The lowest BCUT2D eigenvalue weighted by atomic mass is 10.1. The summed E-state index contributed by atoms with van der Waals surface area (Å²) in [6.45, 7) is 1.91. The molecule has 0 heterocycles. The van der Waals surface area contributed by atoms with E-state index in [1.54, 1.807) is 12.1 Å². The lowest BCUT2D eigenvalue weighted by Gasteiger charge is -2.15. The zero-order valence-electron chi connectivity index (χ0n) is 14.1. The standard InChI is InChI=1S/C18H18ClFO4S/c1-4-11-8-14(20)16(9-13(11)19)23-10-12-15(24-18(21)22-2)6-5-7-17(12)25-3/h5-9H,4,10H2,1-3H3. The van der Waals surface area contributed by atoms with E-state index in [4.69, 9.17) is 21.1 Å². The fourth-order valence-corrected chi connectivity index (χ4v) is 3.12. The normalized spacial score (nSPS) is 10.4. The summed E-state index contributed by atoms with van der Waals surface area (Å²) >= 11 is 7.58. The molecule has 0 aromatic heterocycles. The second-order valence-corrected chi connectivity index (χ2v) is 6.26. The Morgan fingerprint density at radius 2 is 2.04 bits per heavy atom. The van der Waals surface area contributed by atoms with Crippen LogP contribution in [0.25, 0.3) is 0 Å². The molecule has 2 aromatic rings. The summed E-state index contributed by atoms with van der Waals surface area (Å²) in [7, 11) is 1.23. The smallest absolute Gasteiger partial charge is 0.486 e. The molecule has 0 saturated carbocycles. The summed E-state index contributed by atoms with van der Waals surface area (Å²) < 4.78 is 29.4. The minimum Gasteiger partial charge on any atom is -0.486 e. The van der Waals surface area contributed by atoms with Gasteiger partial charge in [0.05, 0.1) is 7.11 Å². The molecule has 0 amide bonds. The second-order valence-electron chi connectivity index (χ2n) is 5.01. The lowest BCUT2D eigenvalue weighted by Crippen LogP contribution is -2.10. The molecule has 0 radical (unpaired) electrons. The van der Waals surface area contributed by atoms with Crippen LogP contribution in [0.15, 0.2) is 35.2 Å². The number of carbonyl (C=O) groups excluding carboxylic acids is 1. The van der Waals surface area contributed by atoms with E-state index in [0.717, 1.165) is 4.90 Å². The molecule has 0 unspecified atom stereocenters. The van der Waals surface area contributed by atoms with Crippen LogP contribution in [-0.2, 0) is 17.8 Å². The lowest BCUT2D eigenvalue weighted by molar-refractivity contribution is 0.120. The van der Waals surface area contributed by atoms with E-state index >= 15 is 0 Å². The Morgan fingerprint density at radius 3 is 2.68 bits per heavy atom. The van der Waals surface area contributed by atoms with Crippen molar-refractivity contribution in [1.29, 1.82) is 0 Å². The van der Waals surface area contributed by atoms with Gasteiger partial charge in [-0.05, 0) is 36.4 Å². The van der Waals surface area contributed by atoms with Crippen molar-refractivity contribution in [2.24, 2.45) is 0 Å². The molecule has 0 aliphatic heterocycles. The number of hydrogen-bond donors (Lipinski definition) is 0. The molecule has 0 atom stereocenters. The van der Waals surface area contributed by atoms with Crippen LogP contribution in [-0.4, -0.2) is 19.5 Å². The molecule has 0 spiro atoms. The molecule has 0 aliphatic carbocycles. The molecule has 0 saturated heterocycles. The molecule has 134 valence electrons. The van der Waals surface area contributed by atoms with Crippen molar-refractivity contribution < 1.29 is 23.4 Å². The monoisotopic (exact) mass is 384 g/mol. The van der Waals surface area contributed by atoms with Gasteiger partial charge in [0.2, 0.25) is 0 Å². The van der Waals surface area contributed by atoms with Gasteiger partial charge in [-0.25, -0.2) is 9.18 Å². The average Bonchev–Trinajstić information content (AvgIpc) is 2.62. The van der Waals surface area contributed by atoms with E-state index in [9.17, 15) is 9.18 Å². The number of ether oxygens (including phenoxy) is 3. The Balaban J connectivity index is 2.28. The zero-order valence-corrected chi connectivity index (χ0v) is 15.7. The van der Waals surface area contributed by atoms with Crippen molar-refractivity contribution in [3.8, 4) is 11.5 Å². The van der Waals surface area contributed by atoms with Gasteiger partial charge in [0.25, 0.3) is 0 Å². The first kappa shape index (κ1) is 19.4. The van der Waals surface area contributed by atoms with Crippen LogP contribution in [0.1, 0.15) is 18.1 Å². The van der Waals surface area contributed by atoms with Crippen LogP contribution in [0.3, 0.4) is 0 Å². The molecule has 0 fully saturated rings. The fourth-order valence-electron chi connectivity index (χ4n) is 2.21. The predicted octanol–water partition coefficient (Wildman–Crippen LogP) is 5.49. The van der Waals surface area contributed by atoms with Crippen LogP contribution < -0.4 is 9.47 Å². The first-order chi connectivity index (χ1) is 12.0. The van der Waals surface area contributed by atoms with Crippen LogP contribution in [0, 0.1) is 5.82 Å². The number of carbonyl (C=O) groups is 1. The molecule has 0 bridgehead atoms. The first-order valence-corrected chi connectivity index (χ1v) is 9.12. The Labute approximate surface area is 155 Å². The van der Waals surface area contributed by atoms with Crippen molar-refractivity contribution in [2.45, 2.75) is 24.8 Å². The van der Waals surface area contributed by atoms with Crippen LogP contribution >= 0.6 is 23.4 Å². The van der Waals surface area contributed by atoms with Crippen LogP contribution in [0.4, 0.5) is 9.18 Å². The van der Waals surface area contributed by atoms with E-state index in [0.29, 0.717) is 28.3 Å². The molecule has 0 aliphatic rings. The van der Waals surface area contributed by atoms with Gasteiger partial charge in [-0.15, -0.1) is 11.8 Å². The maximum atomic E-state index is 14.2. The molecular formula is C18H18ClFO4S. The van der Waals surface area contributed by atoms with Crippen molar-refractivity contribution >= 4 is 29.5 Å². The highest BCUT2D eigenvalue weighted by molar-refractivity contribution is 7.98. The topological polar surface area (TPSA) is 44.8 Å². The Hall–Kier alpha value is -1.92. The highest BCUT2D eigenvalue weighted by Crippen LogP contribution is 2.32. The quantitative estimate of drug-likeness (QED) is 0.374. The molecule has 0 N–H and O–H groups in total. The van der Waals surface area contributed by atoms with Crippen molar-refractivity contribution in [3.05, 3.63) is 52.3 Å². The number of methoxy groups -OCH3 is 1. The van der Waals surface area contributed by atoms with Gasteiger partial charge in [-0.2, -0.15) is 0 Å². The van der Waals surface area contributed by atoms with Crippen LogP contribution in [0.2, 0.25) is 5.02 Å². The number of halogens is 2. The highest BCUT2D eigenvalue weighted by Gasteiger charge is 2.16. The molecule has 25 heavy (non-hydrogen) atoms. The largest absolute Gasteiger partial charge is 0.513 e. The van der Waals surface area contributed by atoms with Crippen LogP contribution in [0.5, 0.6) is 11.5 Å². The van der Waals surface area contributed by atoms with Gasteiger partial charge in [0, 0.05) is 21.5 Å². The fraction of sp³-hybridized carbons (Fsp3) is 0.278. The predicted molar refractivity (Wildman–Crippen MR) is 96.4 cm³/mol. The molecular weight excluding hydrogens is 367 g/mol. The number of hydrogen-bond acceptors (Lipinski definition) is 5. The van der Waals surface area contributed by atoms with Crippen molar-refractivity contribution in [1.82, 2.24) is 0 Å². The van der Waals surface area contributed by atoms with Gasteiger partial charge >= 0.3 is 6.16 Å².